The molecular formula is C14H18FN5O. The van der Waals surface area contributed by atoms with E-state index in [-0.39, 0.29) is 5.82 Å². The van der Waals surface area contributed by atoms with Crippen LogP contribution in [0.4, 0.5) is 16.2 Å². The first-order valence-electron chi connectivity index (χ1n) is 6.72. The van der Waals surface area contributed by atoms with Crippen molar-refractivity contribution in [3.05, 3.63) is 35.9 Å². The van der Waals surface area contributed by atoms with Gasteiger partial charge in [0.1, 0.15) is 0 Å². The summed E-state index contributed by atoms with van der Waals surface area (Å²) in [7, 11) is 1.55. The highest BCUT2D eigenvalue weighted by Gasteiger charge is 2.07. The summed E-state index contributed by atoms with van der Waals surface area (Å²) in [4.78, 5) is 12.0. The van der Waals surface area contributed by atoms with Crippen molar-refractivity contribution < 1.29 is 9.13 Å². The molecule has 0 amide bonds. The van der Waals surface area contributed by atoms with Crippen LogP contribution in [0, 0.1) is 5.82 Å². The number of nitrogens with zero attached hydrogens (tertiary/aromatic N) is 3. The summed E-state index contributed by atoms with van der Waals surface area (Å²) in [5.41, 5.74) is 0.919. The zero-order valence-electron chi connectivity index (χ0n) is 12.1. The van der Waals surface area contributed by atoms with E-state index in [0.717, 1.165) is 24.7 Å². The van der Waals surface area contributed by atoms with E-state index in [1.54, 1.807) is 19.4 Å². The molecule has 0 spiro atoms. The number of ether oxygens (including phenoxy) is 1. The van der Waals surface area contributed by atoms with E-state index in [1.165, 1.54) is 0 Å². The quantitative estimate of drug-likeness (QED) is 0.816. The molecule has 6 nitrogen and oxygen atoms in total. The topological polar surface area (TPSA) is 72.0 Å². The van der Waals surface area contributed by atoms with Gasteiger partial charge >= 0.3 is 0 Å². The molecule has 0 saturated carbocycles. The van der Waals surface area contributed by atoms with Gasteiger partial charge in [-0.3, -0.25) is 0 Å². The van der Waals surface area contributed by atoms with Crippen LogP contribution in [0.2, 0.25) is 0 Å². The maximum absolute atomic E-state index is 13.7. The van der Waals surface area contributed by atoms with Gasteiger partial charge in [-0.2, -0.15) is 4.98 Å². The molecule has 0 aliphatic rings. The van der Waals surface area contributed by atoms with E-state index in [1.807, 2.05) is 13.0 Å². The van der Waals surface area contributed by atoms with E-state index in [4.69, 9.17) is 4.74 Å². The number of aromatic nitrogens is 3. The molecule has 2 N–H and O–H groups in total. The third kappa shape index (κ3) is 4.27. The summed E-state index contributed by atoms with van der Waals surface area (Å²) < 4.78 is 18.7. The lowest BCUT2D eigenvalue weighted by molar-refractivity contribution is 0.397. The lowest BCUT2D eigenvalue weighted by Gasteiger charge is -2.09. The largest absolute Gasteiger partial charge is 0.481 e. The molecule has 2 rings (SSSR count). The van der Waals surface area contributed by atoms with Gasteiger partial charge in [0.15, 0.2) is 11.6 Å². The Labute approximate surface area is 122 Å². The Morgan fingerprint density at radius 2 is 2.14 bits per heavy atom. The molecule has 0 bridgehead atoms. The zero-order valence-corrected chi connectivity index (χ0v) is 12.1. The monoisotopic (exact) mass is 291 g/mol. The molecule has 2 aromatic heterocycles. The fourth-order valence-electron chi connectivity index (χ4n) is 1.67. The van der Waals surface area contributed by atoms with Crippen LogP contribution in [0.5, 0.6) is 5.88 Å². The standard InChI is InChI=1S/C14H18FN5O/c1-3-5-17-14-19-9-11(15)13(20-14)18-8-10-4-6-16-12(7-10)21-2/h4,6-7,9H,3,5,8H2,1-2H3,(H2,17,18,19,20). The van der Waals surface area contributed by atoms with Crippen LogP contribution in [0.3, 0.4) is 0 Å². The van der Waals surface area contributed by atoms with Crippen LogP contribution in [0.1, 0.15) is 18.9 Å². The normalized spacial score (nSPS) is 10.2. The van der Waals surface area contributed by atoms with Crippen molar-refractivity contribution >= 4 is 11.8 Å². The van der Waals surface area contributed by atoms with Crippen LogP contribution in [-0.2, 0) is 6.54 Å². The number of pyridine rings is 1. The minimum absolute atomic E-state index is 0.166. The Kier molecular flexibility index (Phi) is 5.25. The second kappa shape index (κ2) is 7.37. The number of rotatable bonds is 7. The third-order valence-electron chi connectivity index (χ3n) is 2.75. The van der Waals surface area contributed by atoms with Crippen molar-refractivity contribution in [1.29, 1.82) is 0 Å². The van der Waals surface area contributed by atoms with E-state index in [0.29, 0.717) is 18.4 Å². The van der Waals surface area contributed by atoms with Crippen molar-refractivity contribution in [1.82, 2.24) is 15.0 Å². The fourth-order valence-corrected chi connectivity index (χ4v) is 1.67. The van der Waals surface area contributed by atoms with Crippen molar-refractivity contribution in [2.75, 3.05) is 24.3 Å². The SMILES string of the molecule is CCCNc1ncc(F)c(NCc2ccnc(OC)c2)n1. The Bertz CT molecular complexity index is 593. The van der Waals surface area contributed by atoms with E-state index >= 15 is 0 Å². The van der Waals surface area contributed by atoms with Crippen LogP contribution < -0.4 is 15.4 Å². The minimum Gasteiger partial charge on any atom is -0.481 e. The molecular weight excluding hydrogens is 273 g/mol. The molecule has 0 atom stereocenters. The van der Waals surface area contributed by atoms with E-state index < -0.39 is 5.82 Å². The van der Waals surface area contributed by atoms with Crippen LogP contribution >= 0.6 is 0 Å². The Hall–Kier alpha value is -2.44. The van der Waals surface area contributed by atoms with Gasteiger partial charge in [0.2, 0.25) is 11.8 Å². The Balaban J connectivity index is 2.04. The average Bonchev–Trinajstić information content (AvgIpc) is 2.53. The predicted molar refractivity (Wildman–Crippen MR) is 78.9 cm³/mol. The first kappa shape index (κ1) is 15.0. The minimum atomic E-state index is -0.488. The summed E-state index contributed by atoms with van der Waals surface area (Å²) in [6, 6.07) is 3.60. The predicted octanol–water partition coefficient (Wildman–Crippen LogP) is 2.45. The zero-order chi connectivity index (χ0) is 15.1. The van der Waals surface area contributed by atoms with Gasteiger partial charge in [-0.25, -0.2) is 14.4 Å². The molecule has 7 heteroatoms. The highest BCUT2D eigenvalue weighted by molar-refractivity contribution is 5.41. The summed E-state index contributed by atoms with van der Waals surface area (Å²) in [5, 5.41) is 5.97. The van der Waals surface area contributed by atoms with Crippen LogP contribution in [0.25, 0.3) is 0 Å². The first-order chi connectivity index (χ1) is 10.2. The molecule has 112 valence electrons. The number of anilines is 2. The summed E-state index contributed by atoms with van der Waals surface area (Å²) in [6.45, 7) is 3.19. The third-order valence-corrected chi connectivity index (χ3v) is 2.75. The van der Waals surface area contributed by atoms with E-state index in [2.05, 4.69) is 25.6 Å². The van der Waals surface area contributed by atoms with Crippen molar-refractivity contribution in [2.45, 2.75) is 19.9 Å². The smallest absolute Gasteiger partial charge is 0.224 e. The first-order valence-corrected chi connectivity index (χ1v) is 6.72. The van der Waals surface area contributed by atoms with Gasteiger partial charge in [-0.05, 0) is 18.1 Å². The van der Waals surface area contributed by atoms with Crippen molar-refractivity contribution in [2.24, 2.45) is 0 Å². The number of hydrogen-bond acceptors (Lipinski definition) is 6. The maximum atomic E-state index is 13.7. The number of methoxy groups -OCH3 is 1. The van der Waals surface area contributed by atoms with E-state index in [9.17, 15) is 4.39 Å². The van der Waals surface area contributed by atoms with Gasteiger partial charge in [-0.15, -0.1) is 0 Å². The van der Waals surface area contributed by atoms with Gasteiger partial charge in [-0.1, -0.05) is 6.92 Å². The average molecular weight is 291 g/mol. The molecule has 0 unspecified atom stereocenters. The molecule has 0 saturated heterocycles. The van der Waals surface area contributed by atoms with Crippen LogP contribution in [0.15, 0.2) is 24.5 Å². The molecule has 2 aromatic rings. The van der Waals surface area contributed by atoms with Crippen LogP contribution in [-0.4, -0.2) is 28.6 Å². The summed E-state index contributed by atoms with van der Waals surface area (Å²) in [5.74, 6) is 0.605. The highest BCUT2D eigenvalue weighted by Crippen LogP contribution is 2.14. The maximum Gasteiger partial charge on any atom is 0.224 e. The second-order valence-corrected chi connectivity index (χ2v) is 4.38. The Morgan fingerprint density at radius 3 is 2.90 bits per heavy atom. The Morgan fingerprint density at radius 1 is 1.29 bits per heavy atom. The highest BCUT2D eigenvalue weighted by atomic mass is 19.1. The molecule has 0 aromatic carbocycles. The molecule has 0 radical (unpaired) electrons. The van der Waals surface area contributed by atoms with Gasteiger partial charge in [0, 0.05) is 25.4 Å². The lowest BCUT2D eigenvalue weighted by Crippen LogP contribution is -2.09. The van der Waals surface area contributed by atoms with Crippen molar-refractivity contribution in [3.8, 4) is 5.88 Å². The van der Waals surface area contributed by atoms with Gasteiger partial charge in [0.05, 0.1) is 13.3 Å². The summed E-state index contributed by atoms with van der Waals surface area (Å²) >= 11 is 0. The lowest BCUT2D eigenvalue weighted by atomic mass is 10.2. The molecule has 0 aliphatic carbocycles. The summed E-state index contributed by atoms with van der Waals surface area (Å²) in [6.07, 6.45) is 3.74. The number of halogens is 1. The molecule has 2 heterocycles. The second-order valence-electron chi connectivity index (χ2n) is 4.38. The molecule has 0 aliphatic heterocycles. The fraction of sp³-hybridized carbons (Fsp3) is 0.357. The molecule has 0 fully saturated rings. The van der Waals surface area contributed by atoms with Crippen molar-refractivity contribution in [3.63, 3.8) is 0 Å². The van der Waals surface area contributed by atoms with Gasteiger partial charge < -0.3 is 15.4 Å². The number of hydrogen-bond donors (Lipinski definition) is 2. The van der Waals surface area contributed by atoms with Gasteiger partial charge in [0.25, 0.3) is 0 Å². The molecule has 21 heavy (non-hydrogen) atoms. The number of nitrogens with one attached hydrogen (secondary N) is 2.